The fourth-order valence-electron chi connectivity index (χ4n) is 7.37. The van der Waals surface area contributed by atoms with Gasteiger partial charge in [0.25, 0.3) is 0 Å². The van der Waals surface area contributed by atoms with E-state index in [2.05, 4.69) is 129 Å². The quantitative estimate of drug-likeness (QED) is 0.0421. The van der Waals surface area contributed by atoms with E-state index in [1.807, 2.05) is 6.08 Å². The van der Waals surface area contributed by atoms with Crippen LogP contribution in [-0.2, 0) is 4.79 Å². The number of carbonyl (C=O) groups excluding carboxylic acids is 1. The SMILES string of the molecule is CC/C=C\C/C=C\C/C=C\C/C=C\C/C=C\C/C=C\C/C=C\CCCCCCCCCCCC(=O)NC(CO)C(O)/C=C/CC/C=C/CC/C=C/CCCCCCCCCCCCC. The van der Waals surface area contributed by atoms with Crippen molar-refractivity contribution in [2.75, 3.05) is 6.61 Å². The first-order chi connectivity index (χ1) is 31.7. The molecule has 0 rings (SSSR count). The predicted molar refractivity (Wildman–Crippen MR) is 285 cm³/mol. The summed E-state index contributed by atoms with van der Waals surface area (Å²) in [6.07, 6.45) is 83.3. The first-order valence-electron chi connectivity index (χ1n) is 26.7. The summed E-state index contributed by atoms with van der Waals surface area (Å²) in [6, 6.07) is -0.658. The summed E-state index contributed by atoms with van der Waals surface area (Å²) in [7, 11) is 0. The number of allylic oxidation sites excluding steroid dienone is 19. The molecule has 3 N–H and O–H groups in total. The number of hydrogen-bond acceptors (Lipinski definition) is 3. The van der Waals surface area contributed by atoms with Crippen LogP contribution in [-0.4, -0.2) is 34.9 Å². The van der Waals surface area contributed by atoms with E-state index in [0.29, 0.717) is 6.42 Å². The normalized spacial score (nSPS) is 13.9. The first-order valence-corrected chi connectivity index (χ1v) is 26.7. The molecule has 2 unspecified atom stereocenters. The Labute approximate surface area is 397 Å². The van der Waals surface area contributed by atoms with Gasteiger partial charge in [-0.05, 0) is 103 Å². The molecule has 0 aliphatic rings. The molecule has 4 nitrogen and oxygen atoms in total. The summed E-state index contributed by atoms with van der Waals surface area (Å²) < 4.78 is 0. The van der Waals surface area contributed by atoms with Crippen LogP contribution < -0.4 is 5.32 Å². The topological polar surface area (TPSA) is 69.6 Å². The molecule has 0 fully saturated rings. The Morgan fingerprint density at radius 1 is 0.391 bits per heavy atom. The van der Waals surface area contributed by atoms with Crippen molar-refractivity contribution in [3.05, 3.63) is 122 Å². The second-order valence-electron chi connectivity index (χ2n) is 17.5. The molecule has 0 saturated heterocycles. The molecule has 2 atom stereocenters. The number of aliphatic hydroxyl groups is 2. The minimum atomic E-state index is -0.882. The van der Waals surface area contributed by atoms with Crippen LogP contribution in [0.2, 0.25) is 0 Å². The van der Waals surface area contributed by atoms with Gasteiger partial charge in [0.05, 0.1) is 18.8 Å². The van der Waals surface area contributed by atoms with E-state index in [0.717, 1.165) is 89.9 Å². The Hall–Kier alpha value is -3.21. The van der Waals surface area contributed by atoms with E-state index in [4.69, 9.17) is 0 Å². The molecular weight excluding hydrogens is 783 g/mol. The third-order valence-corrected chi connectivity index (χ3v) is 11.4. The highest BCUT2D eigenvalue weighted by Crippen LogP contribution is 2.14. The minimum absolute atomic E-state index is 0.0892. The number of unbranched alkanes of at least 4 members (excludes halogenated alkanes) is 22. The molecular formula is C60H101NO3. The monoisotopic (exact) mass is 884 g/mol. The van der Waals surface area contributed by atoms with Gasteiger partial charge in [-0.2, -0.15) is 0 Å². The molecule has 0 heterocycles. The van der Waals surface area contributed by atoms with Crippen molar-refractivity contribution in [1.29, 1.82) is 0 Å². The average Bonchev–Trinajstić information content (AvgIpc) is 3.30. The van der Waals surface area contributed by atoms with Gasteiger partial charge in [-0.25, -0.2) is 0 Å². The highest BCUT2D eigenvalue weighted by Gasteiger charge is 2.17. The molecule has 64 heavy (non-hydrogen) atoms. The van der Waals surface area contributed by atoms with Crippen LogP contribution in [0.25, 0.3) is 0 Å². The second kappa shape index (κ2) is 54.1. The summed E-state index contributed by atoms with van der Waals surface area (Å²) in [5.74, 6) is -0.0892. The van der Waals surface area contributed by atoms with E-state index >= 15 is 0 Å². The number of nitrogens with one attached hydrogen (secondary N) is 1. The van der Waals surface area contributed by atoms with Crippen LogP contribution in [0.5, 0.6) is 0 Å². The molecule has 0 aromatic rings. The zero-order chi connectivity index (χ0) is 46.3. The standard InChI is InChI=1S/C60H101NO3/c1-3-5-7-9-11-13-15-17-19-21-23-25-26-27-28-29-30-31-32-33-34-36-38-40-42-44-46-48-50-52-54-56-60(64)61-58(57-62)59(63)55-53-51-49-47-45-43-41-39-37-35-24-22-20-18-16-14-12-10-8-6-4-2/h5,7,11,13,17,19,23,25,27-28,30-31,33-34,37,39,45,47,53,55,58-59,62-63H,3-4,6,8-10,12,14-16,18,20-22,24,26,29,32,35-36,38,40-44,46,48-52,54,56-57H2,1-2H3,(H,61,64)/b7-5-,13-11-,19-17-,25-23-,28-27-,31-30-,34-33-,39-37+,47-45+,55-53+. The molecule has 0 saturated carbocycles. The van der Waals surface area contributed by atoms with E-state index in [9.17, 15) is 15.0 Å². The molecule has 1 amide bonds. The molecule has 0 aromatic carbocycles. The molecule has 4 heteroatoms. The van der Waals surface area contributed by atoms with Gasteiger partial charge in [0, 0.05) is 6.42 Å². The van der Waals surface area contributed by atoms with Gasteiger partial charge in [0.15, 0.2) is 0 Å². The maximum absolute atomic E-state index is 12.5. The lowest BCUT2D eigenvalue weighted by Gasteiger charge is -2.19. The first kappa shape index (κ1) is 60.8. The van der Waals surface area contributed by atoms with E-state index in [-0.39, 0.29) is 12.5 Å². The smallest absolute Gasteiger partial charge is 0.220 e. The Kier molecular flexibility index (Phi) is 51.4. The lowest BCUT2D eigenvalue weighted by Crippen LogP contribution is -2.45. The summed E-state index contributed by atoms with van der Waals surface area (Å²) in [4.78, 5) is 12.5. The van der Waals surface area contributed by atoms with Crippen molar-refractivity contribution >= 4 is 5.91 Å². The van der Waals surface area contributed by atoms with Crippen LogP contribution in [0.1, 0.15) is 232 Å². The lowest BCUT2D eigenvalue weighted by molar-refractivity contribution is -0.123. The molecule has 0 aliphatic heterocycles. The molecule has 0 spiro atoms. The van der Waals surface area contributed by atoms with Gasteiger partial charge < -0.3 is 15.5 Å². The zero-order valence-corrected chi connectivity index (χ0v) is 41.8. The highest BCUT2D eigenvalue weighted by atomic mass is 16.3. The van der Waals surface area contributed by atoms with Gasteiger partial charge in [-0.15, -0.1) is 0 Å². The van der Waals surface area contributed by atoms with Crippen molar-refractivity contribution in [3.8, 4) is 0 Å². The largest absolute Gasteiger partial charge is 0.394 e. The van der Waals surface area contributed by atoms with Crippen molar-refractivity contribution in [2.45, 2.75) is 244 Å². The summed E-state index contributed by atoms with van der Waals surface area (Å²) in [5, 5.41) is 23.1. The van der Waals surface area contributed by atoms with Crippen LogP contribution in [0.3, 0.4) is 0 Å². The maximum Gasteiger partial charge on any atom is 0.220 e. The van der Waals surface area contributed by atoms with Gasteiger partial charge in [0.2, 0.25) is 5.91 Å². The fourth-order valence-corrected chi connectivity index (χ4v) is 7.37. The van der Waals surface area contributed by atoms with Crippen LogP contribution in [0, 0.1) is 0 Å². The highest BCUT2D eigenvalue weighted by molar-refractivity contribution is 5.76. The van der Waals surface area contributed by atoms with Crippen molar-refractivity contribution in [1.82, 2.24) is 5.32 Å². The summed E-state index contributed by atoms with van der Waals surface area (Å²) in [5.41, 5.74) is 0. The molecule has 0 bridgehead atoms. The molecule has 0 aliphatic carbocycles. The molecule has 364 valence electrons. The van der Waals surface area contributed by atoms with Gasteiger partial charge in [-0.3, -0.25) is 4.79 Å². The third-order valence-electron chi connectivity index (χ3n) is 11.4. The number of carbonyl (C=O) groups is 1. The molecule has 0 aromatic heterocycles. The predicted octanol–water partition coefficient (Wildman–Crippen LogP) is 17.7. The van der Waals surface area contributed by atoms with Crippen LogP contribution >= 0.6 is 0 Å². The molecule has 0 radical (unpaired) electrons. The minimum Gasteiger partial charge on any atom is -0.394 e. The second-order valence-corrected chi connectivity index (χ2v) is 17.5. The Morgan fingerprint density at radius 2 is 0.703 bits per heavy atom. The van der Waals surface area contributed by atoms with Gasteiger partial charge >= 0.3 is 0 Å². The van der Waals surface area contributed by atoms with Crippen molar-refractivity contribution in [3.63, 3.8) is 0 Å². The number of aliphatic hydroxyl groups excluding tert-OH is 2. The number of amides is 1. The Balaban J connectivity index is 3.66. The van der Waals surface area contributed by atoms with E-state index in [1.165, 1.54) is 122 Å². The fraction of sp³-hybridized carbons (Fsp3) is 0.650. The number of hydrogen-bond donors (Lipinski definition) is 3. The average molecular weight is 884 g/mol. The van der Waals surface area contributed by atoms with Crippen LogP contribution in [0.4, 0.5) is 0 Å². The maximum atomic E-state index is 12.5. The zero-order valence-electron chi connectivity index (χ0n) is 41.8. The van der Waals surface area contributed by atoms with Crippen LogP contribution in [0.15, 0.2) is 122 Å². The number of rotatable bonds is 47. The van der Waals surface area contributed by atoms with Crippen molar-refractivity contribution < 1.29 is 15.0 Å². The Bertz CT molecular complexity index is 1280. The summed E-state index contributed by atoms with van der Waals surface area (Å²) >= 11 is 0. The van der Waals surface area contributed by atoms with Gasteiger partial charge in [0.1, 0.15) is 0 Å². The van der Waals surface area contributed by atoms with Crippen molar-refractivity contribution in [2.24, 2.45) is 0 Å². The van der Waals surface area contributed by atoms with E-state index < -0.39 is 12.1 Å². The lowest BCUT2D eigenvalue weighted by atomic mass is 10.1. The van der Waals surface area contributed by atoms with E-state index in [1.54, 1.807) is 6.08 Å². The summed E-state index contributed by atoms with van der Waals surface area (Å²) in [6.45, 7) is 4.17. The van der Waals surface area contributed by atoms with Gasteiger partial charge in [-0.1, -0.05) is 245 Å². The Morgan fingerprint density at radius 3 is 1.09 bits per heavy atom. The third kappa shape index (κ3) is 49.8.